The van der Waals surface area contributed by atoms with E-state index in [1.54, 1.807) is 11.8 Å². The van der Waals surface area contributed by atoms with Crippen molar-refractivity contribution >= 4 is 15.9 Å². The average molecular weight is 325 g/mol. The number of halogens is 1. The molecule has 0 aliphatic carbocycles. The minimum Gasteiger partial charge on any atom is -0.497 e. The maximum Gasteiger partial charge on any atom is 0.123 e. The van der Waals surface area contributed by atoms with Gasteiger partial charge in [0.05, 0.1) is 19.9 Å². The summed E-state index contributed by atoms with van der Waals surface area (Å²) < 4.78 is 12.8. The Balaban J connectivity index is 1.95. The summed E-state index contributed by atoms with van der Waals surface area (Å²) in [7, 11) is 3.58. The highest BCUT2D eigenvalue weighted by Gasteiger charge is 2.05. The minimum absolute atomic E-state index is 0.637. The van der Waals surface area contributed by atoms with Gasteiger partial charge in [0.15, 0.2) is 0 Å². The third kappa shape index (κ3) is 3.73. The number of methoxy groups -OCH3 is 1. The summed E-state index contributed by atoms with van der Waals surface area (Å²) in [6, 6.07) is 5.83. The molecule has 0 fully saturated rings. The Hall–Kier alpha value is -1.49. The predicted molar refractivity (Wildman–Crippen MR) is 78.0 cm³/mol. The molecule has 5 heteroatoms. The maximum absolute atomic E-state index is 5.82. The van der Waals surface area contributed by atoms with E-state index in [1.807, 2.05) is 37.6 Å². The van der Waals surface area contributed by atoms with E-state index < -0.39 is 0 Å². The zero-order valence-electron chi connectivity index (χ0n) is 11.1. The van der Waals surface area contributed by atoms with Crippen LogP contribution in [-0.4, -0.2) is 23.5 Å². The standard InChI is InChI=1S/C14H17BrN2O2/c1-17-10-11(9-16-17)5-6-19-14-4-3-13(18-2)7-12(14)8-15/h3-4,7,9-10H,5-6,8H2,1-2H3. The van der Waals surface area contributed by atoms with Gasteiger partial charge in [-0.25, -0.2) is 0 Å². The molecule has 0 aliphatic heterocycles. The molecule has 0 saturated carbocycles. The molecule has 0 aliphatic rings. The monoisotopic (exact) mass is 324 g/mol. The molecule has 4 nitrogen and oxygen atoms in total. The Morgan fingerprint density at radius 3 is 2.84 bits per heavy atom. The summed E-state index contributed by atoms with van der Waals surface area (Å²) in [6.45, 7) is 0.637. The van der Waals surface area contributed by atoms with Crippen LogP contribution in [0.2, 0.25) is 0 Å². The molecule has 0 radical (unpaired) electrons. The van der Waals surface area contributed by atoms with Crippen molar-refractivity contribution in [2.45, 2.75) is 11.8 Å². The van der Waals surface area contributed by atoms with Gasteiger partial charge in [0.1, 0.15) is 11.5 Å². The van der Waals surface area contributed by atoms with Crippen molar-refractivity contribution in [2.24, 2.45) is 7.05 Å². The third-order valence-electron chi connectivity index (χ3n) is 2.82. The van der Waals surface area contributed by atoms with Crippen LogP contribution in [0.3, 0.4) is 0 Å². The molecular formula is C14H17BrN2O2. The van der Waals surface area contributed by atoms with Gasteiger partial charge < -0.3 is 9.47 Å². The van der Waals surface area contributed by atoms with Crippen molar-refractivity contribution in [2.75, 3.05) is 13.7 Å². The number of nitrogens with zero attached hydrogens (tertiary/aromatic N) is 2. The number of benzene rings is 1. The molecule has 0 N–H and O–H groups in total. The highest BCUT2D eigenvalue weighted by molar-refractivity contribution is 9.08. The number of aromatic nitrogens is 2. The van der Waals surface area contributed by atoms with E-state index in [-0.39, 0.29) is 0 Å². The first-order valence-corrected chi connectivity index (χ1v) is 7.18. The van der Waals surface area contributed by atoms with Gasteiger partial charge in [-0.05, 0) is 23.8 Å². The zero-order valence-corrected chi connectivity index (χ0v) is 12.7. The predicted octanol–water partition coefficient (Wildman–Crippen LogP) is 2.95. The first-order valence-electron chi connectivity index (χ1n) is 6.06. The Bertz CT molecular complexity index is 540. The maximum atomic E-state index is 5.82. The summed E-state index contributed by atoms with van der Waals surface area (Å²) in [6.07, 6.45) is 4.72. The van der Waals surface area contributed by atoms with Crippen molar-refractivity contribution in [1.82, 2.24) is 9.78 Å². The number of aryl methyl sites for hydroxylation is 1. The SMILES string of the molecule is COc1ccc(OCCc2cnn(C)c2)c(CBr)c1. The zero-order chi connectivity index (χ0) is 13.7. The van der Waals surface area contributed by atoms with Crippen LogP contribution in [0, 0.1) is 0 Å². The molecule has 102 valence electrons. The smallest absolute Gasteiger partial charge is 0.123 e. The molecule has 0 bridgehead atoms. The number of alkyl halides is 1. The number of hydrogen-bond acceptors (Lipinski definition) is 3. The van der Waals surface area contributed by atoms with Crippen LogP contribution in [0.1, 0.15) is 11.1 Å². The summed E-state index contributed by atoms with van der Waals surface area (Å²) in [5.41, 5.74) is 2.27. The van der Waals surface area contributed by atoms with Crippen molar-refractivity contribution < 1.29 is 9.47 Å². The van der Waals surface area contributed by atoms with E-state index in [0.29, 0.717) is 6.61 Å². The molecule has 2 aromatic rings. The Morgan fingerprint density at radius 2 is 2.21 bits per heavy atom. The number of ether oxygens (including phenoxy) is 2. The molecule has 2 rings (SSSR count). The lowest BCUT2D eigenvalue weighted by atomic mass is 10.2. The van der Waals surface area contributed by atoms with Gasteiger partial charge in [-0.3, -0.25) is 4.68 Å². The molecule has 1 aromatic heterocycles. The van der Waals surface area contributed by atoms with Gasteiger partial charge >= 0.3 is 0 Å². The van der Waals surface area contributed by atoms with E-state index in [9.17, 15) is 0 Å². The number of hydrogen-bond donors (Lipinski definition) is 0. The normalized spacial score (nSPS) is 10.5. The summed E-state index contributed by atoms with van der Waals surface area (Å²) in [5.74, 6) is 1.73. The van der Waals surface area contributed by atoms with Crippen LogP contribution in [0.5, 0.6) is 11.5 Å². The van der Waals surface area contributed by atoms with Gasteiger partial charge in [0.25, 0.3) is 0 Å². The van der Waals surface area contributed by atoms with Gasteiger partial charge in [-0.15, -0.1) is 0 Å². The summed E-state index contributed by atoms with van der Waals surface area (Å²) in [4.78, 5) is 0. The molecule has 0 unspecified atom stereocenters. The quantitative estimate of drug-likeness (QED) is 0.766. The van der Waals surface area contributed by atoms with E-state index in [1.165, 1.54) is 5.56 Å². The molecule has 0 atom stereocenters. The molecular weight excluding hydrogens is 308 g/mol. The van der Waals surface area contributed by atoms with E-state index >= 15 is 0 Å². The van der Waals surface area contributed by atoms with Gasteiger partial charge in [-0.1, -0.05) is 15.9 Å². The summed E-state index contributed by atoms with van der Waals surface area (Å²) in [5, 5.41) is 4.88. The second-order valence-corrected chi connectivity index (χ2v) is 4.79. The van der Waals surface area contributed by atoms with Gasteiger partial charge in [0, 0.05) is 30.6 Å². The van der Waals surface area contributed by atoms with Crippen molar-refractivity contribution in [3.8, 4) is 11.5 Å². The lowest BCUT2D eigenvalue weighted by Gasteiger charge is -2.11. The molecule has 0 saturated heterocycles. The van der Waals surface area contributed by atoms with Crippen LogP contribution >= 0.6 is 15.9 Å². The molecule has 1 heterocycles. The van der Waals surface area contributed by atoms with Crippen LogP contribution in [0.15, 0.2) is 30.6 Å². The van der Waals surface area contributed by atoms with Gasteiger partial charge in [-0.2, -0.15) is 5.10 Å². The Kier molecular flexibility index (Phi) is 4.85. The van der Waals surface area contributed by atoms with E-state index in [4.69, 9.17) is 9.47 Å². The minimum atomic E-state index is 0.637. The van der Waals surface area contributed by atoms with Gasteiger partial charge in [0.2, 0.25) is 0 Å². The fourth-order valence-corrected chi connectivity index (χ4v) is 2.25. The fraction of sp³-hybridized carbons (Fsp3) is 0.357. The second kappa shape index (κ2) is 6.61. The van der Waals surface area contributed by atoms with Crippen LogP contribution in [-0.2, 0) is 18.8 Å². The lowest BCUT2D eigenvalue weighted by molar-refractivity contribution is 0.318. The molecule has 19 heavy (non-hydrogen) atoms. The van der Waals surface area contributed by atoms with Crippen molar-refractivity contribution in [3.05, 3.63) is 41.7 Å². The largest absolute Gasteiger partial charge is 0.497 e. The first kappa shape index (κ1) is 13.9. The average Bonchev–Trinajstić information content (AvgIpc) is 2.84. The van der Waals surface area contributed by atoms with E-state index in [0.717, 1.165) is 28.8 Å². The van der Waals surface area contributed by atoms with E-state index in [2.05, 4.69) is 21.0 Å². The second-order valence-electron chi connectivity index (χ2n) is 4.23. The highest BCUT2D eigenvalue weighted by Crippen LogP contribution is 2.26. The summed E-state index contributed by atoms with van der Waals surface area (Å²) >= 11 is 3.46. The number of rotatable bonds is 6. The Labute approximate surface area is 121 Å². The van der Waals surface area contributed by atoms with Crippen LogP contribution < -0.4 is 9.47 Å². The first-order chi connectivity index (χ1) is 9.22. The Morgan fingerprint density at radius 1 is 1.37 bits per heavy atom. The van der Waals surface area contributed by atoms with Crippen molar-refractivity contribution in [1.29, 1.82) is 0 Å². The third-order valence-corrected chi connectivity index (χ3v) is 3.42. The fourth-order valence-electron chi connectivity index (χ4n) is 1.81. The highest BCUT2D eigenvalue weighted by atomic mass is 79.9. The lowest BCUT2D eigenvalue weighted by Crippen LogP contribution is -2.02. The van der Waals surface area contributed by atoms with Crippen LogP contribution in [0.4, 0.5) is 0 Å². The molecule has 0 spiro atoms. The topological polar surface area (TPSA) is 36.3 Å². The van der Waals surface area contributed by atoms with Crippen molar-refractivity contribution in [3.63, 3.8) is 0 Å². The molecule has 0 amide bonds. The van der Waals surface area contributed by atoms with Crippen LogP contribution in [0.25, 0.3) is 0 Å². The molecule has 1 aromatic carbocycles.